The van der Waals surface area contributed by atoms with E-state index in [-0.39, 0.29) is 33.0 Å². The summed E-state index contributed by atoms with van der Waals surface area (Å²) in [5, 5.41) is 0.451. The van der Waals surface area contributed by atoms with Gasteiger partial charge >= 0.3 is 0 Å². The Kier molecular flexibility index (Phi) is 3.49. The Hall–Kier alpha value is -3.11. The van der Waals surface area contributed by atoms with Gasteiger partial charge in [-0.3, -0.25) is 33.5 Å². The molecule has 9 nitrogen and oxygen atoms in total. The van der Waals surface area contributed by atoms with Gasteiger partial charge in [0.25, 0.3) is 33.7 Å². The Labute approximate surface area is 152 Å². The number of amides is 4. The maximum Gasteiger partial charge on any atom is 0.266 e. The fourth-order valence-electron chi connectivity index (χ4n) is 3.45. The van der Waals surface area contributed by atoms with Crippen LogP contribution in [0.4, 0.5) is 0 Å². The molecule has 0 radical (unpaired) electrons. The van der Waals surface area contributed by atoms with Crippen molar-refractivity contribution in [3.8, 4) is 0 Å². The monoisotopic (exact) mass is 388 g/mol. The van der Waals surface area contributed by atoms with Gasteiger partial charge in [0.05, 0.1) is 5.75 Å². The predicted octanol–water partition coefficient (Wildman–Crippen LogP) is 0.549. The summed E-state index contributed by atoms with van der Waals surface area (Å²) in [7, 11) is -3.02. The van der Waals surface area contributed by atoms with E-state index in [2.05, 4.69) is 0 Å². The second kappa shape index (κ2) is 5.44. The Morgan fingerprint density at radius 3 is 1.52 bits per heavy atom. The molecule has 2 aromatic rings. The number of imide groups is 2. The number of carbonyl (C=O) groups is 4. The molecule has 4 amide bonds. The van der Waals surface area contributed by atoms with E-state index in [9.17, 15) is 27.6 Å². The summed E-state index contributed by atoms with van der Waals surface area (Å²) >= 11 is 0. The number of hydrogen-bond donors (Lipinski definition) is 1. The zero-order valence-electron chi connectivity index (χ0n) is 13.9. The third kappa shape index (κ3) is 2.37. The molecule has 0 atom stereocenters. The van der Waals surface area contributed by atoms with Gasteiger partial charge in [0.2, 0.25) is 0 Å². The first-order valence-corrected chi connectivity index (χ1v) is 9.46. The highest BCUT2D eigenvalue weighted by atomic mass is 32.2. The highest BCUT2D eigenvalue weighted by Gasteiger charge is 2.38. The second-order valence-corrected chi connectivity index (χ2v) is 7.86. The minimum Gasteiger partial charge on any atom is -0.285 e. The molecule has 0 unspecified atom stereocenters. The van der Waals surface area contributed by atoms with Crippen LogP contribution in [-0.2, 0) is 10.1 Å². The number of rotatable bonds is 3. The van der Waals surface area contributed by atoms with Crippen LogP contribution in [0.2, 0.25) is 0 Å². The van der Waals surface area contributed by atoms with E-state index < -0.39 is 46.0 Å². The minimum atomic E-state index is -4.37. The van der Waals surface area contributed by atoms with Gasteiger partial charge in [0.1, 0.15) is 0 Å². The molecule has 2 heterocycles. The van der Waals surface area contributed by atoms with Crippen LogP contribution in [0.5, 0.6) is 0 Å². The molecule has 1 N–H and O–H groups in total. The molecule has 2 aromatic carbocycles. The van der Waals surface area contributed by atoms with E-state index in [4.69, 9.17) is 4.55 Å². The van der Waals surface area contributed by atoms with E-state index in [0.29, 0.717) is 0 Å². The molecule has 0 saturated heterocycles. The average molecular weight is 388 g/mol. The van der Waals surface area contributed by atoms with Crippen LogP contribution >= 0.6 is 0 Å². The van der Waals surface area contributed by atoms with Crippen LogP contribution in [0.25, 0.3) is 10.8 Å². The highest BCUT2D eigenvalue weighted by molar-refractivity contribution is 7.85. The molecular formula is C17H12N2O7S. The number of hydrogen-bond acceptors (Lipinski definition) is 6. The Morgan fingerprint density at radius 2 is 1.15 bits per heavy atom. The van der Waals surface area contributed by atoms with E-state index in [1.165, 1.54) is 31.3 Å². The molecule has 0 aromatic heterocycles. The molecule has 0 bridgehead atoms. The molecule has 0 fully saturated rings. The minimum absolute atomic E-state index is 0.0886. The standard InChI is InChI=1S/C17H12N2O7S/c1-18-14(20)8-2-4-10-13-11(5-3-9(12(8)13)15(18)21)17(23)19(16(10)22)6-7-27(24,25)26/h2-5H,6-7H2,1H3,(H,24,25,26). The lowest BCUT2D eigenvalue weighted by Gasteiger charge is -2.30. The zero-order valence-corrected chi connectivity index (χ0v) is 14.7. The zero-order chi connectivity index (χ0) is 19.7. The summed E-state index contributed by atoms with van der Waals surface area (Å²) in [4.78, 5) is 52.0. The maximum absolute atomic E-state index is 12.7. The van der Waals surface area contributed by atoms with Crippen molar-refractivity contribution in [1.82, 2.24) is 9.80 Å². The number of benzene rings is 2. The van der Waals surface area contributed by atoms with Crippen molar-refractivity contribution in [2.24, 2.45) is 0 Å². The van der Waals surface area contributed by atoms with Crippen molar-refractivity contribution in [2.75, 3.05) is 19.3 Å². The van der Waals surface area contributed by atoms with Gasteiger partial charge in [-0.05, 0) is 24.3 Å². The van der Waals surface area contributed by atoms with Gasteiger partial charge < -0.3 is 0 Å². The van der Waals surface area contributed by atoms with Crippen LogP contribution in [-0.4, -0.2) is 65.7 Å². The van der Waals surface area contributed by atoms with Crippen molar-refractivity contribution in [3.05, 3.63) is 46.5 Å². The lowest BCUT2D eigenvalue weighted by atomic mass is 9.86. The van der Waals surface area contributed by atoms with E-state index >= 15 is 0 Å². The third-order valence-electron chi connectivity index (χ3n) is 4.75. The molecule has 138 valence electrons. The lowest BCUT2D eigenvalue weighted by molar-refractivity contribution is 0.0609. The first kappa shape index (κ1) is 17.3. The average Bonchev–Trinajstić information content (AvgIpc) is 2.61. The predicted molar refractivity (Wildman–Crippen MR) is 92.2 cm³/mol. The summed E-state index contributed by atoms with van der Waals surface area (Å²) in [5.41, 5.74) is 0.593. The van der Waals surface area contributed by atoms with Gasteiger partial charge in [-0.15, -0.1) is 0 Å². The van der Waals surface area contributed by atoms with Crippen LogP contribution in [0.3, 0.4) is 0 Å². The van der Waals surface area contributed by atoms with E-state index in [1.54, 1.807) is 0 Å². The highest BCUT2D eigenvalue weighted by Crippen LogP contribution is 2.37. The smallest absolute Gasteiger partial charge is 0.266 e. The van der Waals surface area contributed by atoms with Crippen molar-refractivity contribution < 1.29 is 32.1 Å². The molecule has 0 saturated carbocycles. The Morgan fingerprint density at radius 1 is 0.778 bits per heavy atom. The van der Waals surface area contributed by atoms with Gasteiger partial charge in [0.15, 0.2) is 0 Å². The molecule has 0 aliphatic carbocycles. The largest absolute Gasteiger partial charge is 0.285 e. The Bertz CT molecular complexity index is 1130. The maximum atomic E-state index is 12.7. The molecule has 4 rings (SSSR count). The van der Waals surface area contributed by atoms with Crippen molar-refractivity contribution >= 4 is 44.5 Å². The first-order valence-electron chi connectivity index (χ1n) is 7.85. The van der Waals surface area contributed by atoms with Crippen LogP contribution in [0.15, 0.2) is 24.3 Å². The molecule has 10 heteroatoms. The Balaban J connectivity index is 1.95. The summed E-state index contributed by atoms with van der Waals surface area (Å²) in [6.45, 7) is -0.512. The van der Waals surface area contributed by atoms with Crippen molar-refractivity contribution in [1.29, 1.82) is 0 Å². The fraction of sp³-hybridized carbons (Fsp3) is 0.176. The first-order chi connectivity index (χ1) is 12.6. The summed E-state index contributed by atoms with van der Waals surface area (Å²) < 4.78 is 30.9. The molecule has 27 heavy (non-hydrogen) atoms. The fourth-order valence-corrected chi connectivity index (χ4v) is 3.87. The number of nitrogens with zero attached hydrogens (tertiary/aromatic N) is 2. The summed E-state index contributed by atoms with van der Waals surface area (Å²) in [6.07, 6.45) is 0. The van der Waals surface area contributed by atoms with Crippen molar-refractivity contribution in [3.63, 3.8) is 0 Å². The van der Waals surface area contributed by atoms with E-state index in [0.717, 1.165) is 9.80 Å². The third-order valence-corrected chi connectivity index (χ3v) is 5.45. The van der Waals surface area contributed by atoms with E-state index in [1.807, 2.05) is 0 Å². The topological polar surface area (TPSA) is 129 Å². The number of carbonyl (C=O) groups excluding carboxylic acids is 4. The van der Waals surface area contributed by atoms with Gasteiger partial charge in [-0.25, -0.2) is 0 Å². The van der Waals surface area contributed by atoms with Crippen LogP contribution in [0.1, 0.15) is 41.4 Å². The summed E-state index contributed by atoms with van der Waals surface area (Å²) in [5.74, 6) is -3.37. The van der Waals surface area contributed by atoms with Crippen molar-refractivity contribution in [2.45, 2.75) is 0 Å². The van der Waals surface area contributed by atoms with Gasteiger partial charge in [-0.2, -0.15) is 8.42 Å². The second-order valence-electron chi connectivity index (χ2n) is 6.29. The molecule has 0 spiro atoms. The van der Waals surface area contributed by atoms with Gasteiger partial charge in [-0.1, -0.05) is 0 Å². The lowest BCUT2D eigenvalue weighted by Crippen LogP contribution is -2.44. The van der Waals surface area contributed by atoms with Crippen LogP contribution < -0.4 is 0 Å². The normalized spacial score (nSPS) is 16.5. The quantitative estimate of drug-likeness (QED) is 0.600. The molecule has 2 aliphatic heterocycles. The molecule has 2 aliphatic rings. The SMILES string of the molecule is CN1C(=O)c2ccc3c4c(ccc(c24)C1=O)C(=O)N(CCS(=O)(=O)O)C3=O. The van der Waals surface area contributed by atoms with Gasteiger partial charge in [0, 0.05) is 46.6 Å². The summed E-state index contributed by atoms with van der Waals surface area (Å²) in [6, 6.07) is 5.57. The molecular weight excluding hydrogens is 376 g/mol. The van der Waals surface area contributed by atoms with Crippen LogP contribution in [0, 0.1) is 0 Å².